The lowest BCUT2D eigenvalue weighted by Gasteiger charge is -2.20. The number of carbonyl (C=O) groups is 1. The standard InChI is InChI=1S/C11H17N3O3S/c1-8(2)10(11(15)13-12)14-18(16,17)9-6-4-3-5-7-9/h3-8,10,14H,12H2,1-2H3,(H,13,15)/t10-/m1/s1. The van der Waals surface area contributed by atoms with Gasteiger partial charge in [0.15, 0.2) is 0 Å². The molecule has 0 bridgehead atoms. The molecule has 1 atom stereocenters. The lowest BCUT2D eigenvalue weighted by atomic mass is 10.1. The van der Waals surface area contributed by atoms with Gasteiger partial charge in [0.05, 0.1) is 4.90 Å². The van der Waals surface area contributed by atoms with Gasteiger partial charge in [0.2, 0.25) is 10.0 Å². The normalized spacial score (nSPS) is 13.3. The first-order chi connectivity index (χ1) is 8.38. The van der Waals surface area contributed by atoms with E-state index in [0.29, 0.717) is 0 Å². The van der Waals surface area contributed by atoms with Crippen molar-refractivity contribution in [2.24, 2.45) is 11.8 Å². The zero-order chi connectivity index (χ0) is 13.8. The van der Waals surface area contributed by atoms with Gasteiger partial charge in [0.1, 0.15) is 6.04 Å². The van der Waals surface area contributed by atoms with Gasteiger partial charge < -0.3 is 0 Å². The quantitative estimate of drug-likeness (QED) is 0.398. The van der Waals surface area contributed by atoms with Crippen LogP contribution in [0.15, 0.2) is 35.2 Å². The van der Waals surface area contributed by atoms with Gasteiger partial charge >= 0.3 is 0 Å². The SMILES string of the molecule is CC(C)[C@@H](NS(=O)(=O)c1ccccc1)C(=O)NN. The molecule has 0 saturated carbocycles. The molecule has 1 aromatic rings. The van der Waals surface area contributed by atoms with Crippen molar-refractivity contribution in [2.75, 3.05) is 0 Å². The Morgan fingerprint density at radius 2 is 1.78 bits per heavy atom. The largest absolute Gasteiger partial charge is 0.293 e. The van der Waals surface area contributed by atoms with Crippen LogP contribution in [0, 0.1) is 5.92 Å². The number of sulfonamides is 1. The van der Waals surface area contributed by atoms with E-state index in [-0.39, 0.29) is 10.8 Å². The van der Waals surface area contributed by atoms with E-state index in [4.69, 9.17) is 5.84 Å². The maximum absolute atomic E-state index is 12.0. The highest BCUT2D eigenvalue weighted by molar-refractivity contribution is 7.89. The Balaban J connectivity index is 2.97. The predicted molar refractivity (Wildman–Crippen MR) is 67.7 cm³/mol. The summed E-state index contributed by atoms with van der Waals surface area (Å²) in [5, 5.41) is 0. The molecule has 6 nitrogen and oxygen atoms in total. The molecule has 1 amide bonds. The number of carbonyl (C=O) groups excluding carboxylic acids is 1. The number of rotatable bonds is 5. The first-order valence-electron chi connectivity index (χ1n) is 5.46. The number of hydrogen-bond acceptors (Lipinski definition) is 4. The maximum atomic E-state index is 12.0. The zero-order valence-electron chi connectivity index (χ0n) is 10.3. The van der Waals surface area contributed by atoms with Crippen LogP contribution in [0.3, 0.4) is 0 Å². The Kier molecular flexibility index (Phi) is 4.83. The number of nitrogens with two attached hydrogens (primary N) is 1. The summed E-state index contributed by atoms with van der Waals surface area (Å²) in [5.74, 6) is 4.25. The summed E-state index contributed by atoms with van der Waals surface area (Å²) in [6.45, 7) is 3.46. The first kappa shape index (κ1) is 14.6. The fourth-order valence-corrected chi connectivity index (χ4v) is 2.78. The third kappa shape index (κ3) is 3.52. The van der Waals surface area contributed by atoms with E-state index >= 15 is 0 Å². The number of nitrogens with one attached hydrogen (secondary N) is 2. The lowest BCUT2D eigenvalue weighted by molar-refractivity contribution is -0.123. The molecule has 0 radical (unpaired) electrons. The smallest absolute Gasteiger partial charge is 0.252 e. The predicted octanol–water partition coefficient (Wildman–Crippen LogP) is -0.0206. The van der Waals surface area contributed by atoms with Crippen LogP contribution >= 0.6 is 0 Å². The van der Waals surface area contributed by atoms with Crippen molar-refractivity contribution < 1.29 is 13.2 Å². The second-order valence-corrected chi connectivity index (χ2v) is 5.88. The van der Waals surface area contributed by atoms with Crippen LogP contribution in [0.25, 0.3) is 0 Å². The molecule has 0 fully saturated rings. The minimum atomic E-state index is -3.73. The van der Waals surface area contributed by atoms with E-state index in [9.17, 15) is 13.2 Å². The minimum Gasteiger partial charge on any atom is -0.293 e. The Morgan fingerprint density at radius 1 is 1.22 bits per heavy atom. The Hall–Kier alpha value is -1.44. The van der Waals surface area contributed by atoms with Gasteiger partial charge in [-0.05, 0) is 18.1 Å². The van der Waals surface area contributed by atoms with Crippen LogP contribution < -0.4 is 16.0 Å². The van der Waals surface area contributed by atoms with E-state index in [1.54, 1.807) is 32.0 Å². The molecule has 1 aromatic carbocycles. The summed E-state index contributed by atoms with van der Waals surface area (Å²) < 4.78 is 26.4. The second-order valence-electron chi connectivity index (χ2n) is 4.16. The zero-order valence-corrected chi connectivity index (χ0v) is 11.1. The van der Waals surface area contributed by atoms with Gasteiger partial charge in [-0.15, -0.1) is 0 Å². The Morgan fingerprint density at radius 3 is 2.22 bits per heavy atom. The van der Waals surface area contributed by atoms with Crippen molar-refractivity contribution in [3.05, 3.63) is 30.3 Å². The number of amides is 1. The van der Waals surface area contributed by atoms with Gasteiger partial charge in [-0.1, -0.05) is 32.0 Å². The van der Waals surface area contributed by atoms with Crippen molar-refractivity contribution in [3.8, 4) is 0 Å². The average molecular weight is 271 g/mol. The second kappa shape index (κ2) is 5.94. The van der Waals surface area contributed by atoms with E-state index in [2.05, 4.69) is 4.72 Å². The molecule has 0 aliphatic rings. The molecule has 0 saturated heterocycles. The van der Waals surface area contributed by atoms with Gasteiger partial charge in [-0.25, -0.2) is 14.3 Å². The summed E-state index contributed by atoms with van der Waals surface area (Å²) in [4.78, 5) is 11.6. The minimum absolute atomic E-state index is 0.112. The molecule has 0 unspecified atom stereocenters. The monoisotopic (exact) mass is 271 g/mol. The fourth-order valence-electron chi connectivity index (χ4n) is 1.42. The van der Waals surface area contributed by atoms with E-state index < -0.39 is 22.0 Å². The Labute approximate surface area is 107 Å². The van der Waals surface area contributed by atoms with Crippen LogP contribution in [0.4, 0.5) is 0 Å². The molecular weight excluding hydrogens is 254 g/mol. The molecule has 18 heavy (non-hydrogen) atoms. The molecule has 0 aromatic heterocycles. The fraction of sp³-hybridized carbons (Fsp3) is 0.364. The van der Waals surface area contributed by atoms with Crippen LogP contribution in [0.5, 0.6) is 0 Å². The van der Waals surface area contributed by atoms with Crippen molar-refractivity contribution >= 4 is 15.9 Å². The molecule has 0 aliphatic heterocycles. The van der Waals surface area contributed by atoms with Crippen molar-refractivity contribution in [3.63, 3.8) is 0 Å². The summed E-state index contributed by atoms with van der Waals surface area (Å²) >= 11 is 0. The molecule has 0 heterocycles. The lowest BCUT2D eigenvalue weighted by Crippen LogP contribution is -2.51. The van der Waals surface area contributed by atoms with Crippen molar-refractivity contribution in [1.82, 2.24) is 10.1 Å². The molecule has 7 heteroatoms. The number of hydrazine groups is 1. The van der Waals surface area contributed by atoms with E-state index in [0.717, 1.165) is 0 Å². The highest BCUT2D eigenvalue weighted by atomic mass is 32.2. The van der Waals surface area contributed by atoms with Crippen LogP contribution in [-0.4, -0.2) is 20.4 Å². The van der Waals surface area contributed by atoms with Crippen LogP contribution in [-0.2, 0) is 14.8 Å². The molecule has 4 N–H and O–H groups in total. The van der Waals surface area contributed by atoms with Crippen molar-refractivity contribution in [2.45, 2.75) is 24.8 Å². The van der Waals surface area contributed by atoms with Gasteiger partial charge in [0.25, 0.3) is 5.91 Å². The molecule has 1 rings (SSSR count). The number of hydrogen-bond donors (Lipinski definition) is 3. The van der Waals surface area contributed by atoms with E-state index in [1.807, 2.05) is 5.43 Å². The maximum Gasteiger partial charge on any atom is 0.252 e. The molecular formula is C11H17N3O3S. The highest BCUT2D eigenvalue weighted by Crippen LogP contribution is 2.11. The summed E-state index contributed by atoms with van der Waals surface area (Å²) in [6, 6.07) is 6.95. The third-order valence-corrected chi connectivity index (χ3v) is 3.88. The summed E-state index contributed by atoms with van der Waals surface area (Å²) in [6.07, 6.45) is 0. The van der Waals surface area contributed by atoms with Gasteiger partial charge in [-0.2, -0.15) is 4.72 Å². The number of benzene rings is 1. The first-order valence-corrected chi connectivity index (χ1v) is 6.94. The highest BCUT2D eigenvalue weighted by Gasteiger charge is 2.27. The van der Waals surface area contributed by atoms with E-state index in [1.165, 1.54) is 12.1 Å². The third-order valence-electron chi connectivity index (χ3n) is 2.43. The average Bonchev–Trinajstić information content (AvgIpc) is 2.36. The van der Waals surface area contributed by atoms with Crippen molar-refractivity contribution in [1.29, 1.82) is 0 Å². The summed E-state index contributed by atoms with van der Waals surface area (Å²) in [5.41, 5.74) is 1.95. The summed E-state index contributed by atoms with van der Waals surface area (Å²) in [7, 11) is -3.73. The van der Waals surface area contributed by atoms with Crippen LogP contribution in [0.1, 0.15) is 13.8 Å². The van der Waals surface area contributed by atoms with Gasteiger partial charge in [0, 0.05) is 0 Å². The molecule has 100 valence electrons. The molecule has 0 aliphatic carbocycles. The van der Waals surface area contributed by atoms with Crippen LogP contribution in [0.2, 0.25) is 0 Å². The molecule has 0 spiro atoms. The van der Waals surface area contributed by atoms with Gasteiger partial charge in [-0.3, -0.25) is 10.2 Å². The Bertz CT molecular complexity index is 500. The topological polar surface area (TPSA) is 101 Å².